The number of carbonyl (C=O) groups is 1. The molecule has 2 aromatic carbocycles. The summed E-state index contributed by atoms with van der Waals surface area (Å²) in [6.45, 7) is 0. The molecule has 0 atom stereocenters. The van der Waals surface area contributed by atoms with Gasteiger partial charge >= 0.3 is 12.1 Å². The van der Waals surface area contributed by atoms with Gasteiger partial charge in [-0.3, -0.25) is 9.78 Å². The van der Waals surface area contributed by atoms with Crippen LogP contribution in [0, 0.1) is 0 Å². The Morgan fingerprint density at radius 1 is 1.08 bits per heavy atom. The Morgan fingerprint density at radius 2 is 1.84 bits per heavy atom. The SMILES string of the molecule is O=C(O)Cc1ccccc1Nc1ccnc2cc(C(F)(F)F)ccc12. The average Bonchev–Trinajstić information content (AvgIpc) is 2.55. The molecular weight excluding hydrogens is 333 g/mol. The fourth-order valence-corrected chi connectivity index (χ4v) is 2.54. The van der Waals surface area contributed by atoms with Crippen LogP contribution in [0.15, 0.2) is 54.7 Å². The fourth-order valence-electron chi connectivity index (χ4n) is 2.54. The monoisotopic (exact) mass is 346 g/mol. The lowest BCUT2D eigenvalue weighted by Crippen LogP contribution is -2.05. The molecule has 1 aromatic heterocycles. The van der Waals surface area contributed by atoms with E-state index in [1.54, 1.807) is 30.3 Å². The molecule has 0 radical (unpaired) electrons. The molecule has 3 rings (SSSR count). The van der Waals surface area contributed by atoms with E-state index in [0.29, 0.717) is 22.3 Å². The largest absolute Gasteiger partial charge is 0.481 e. The first-order valence-corrected chi connectivity index (χ1v) is 7.37. The summed E-state index contributed by atoms with van der Waals surface area (Å²) >= 11 is 0. The minimum absolute atomic E-state index is 0.162. The molecule has 25 heavy (non-hydrogen) atoms. The second-order valence-electron chi connectivity index (χ2n) is 5.44. The maximum Gasteiger partial charge on any atom is 0.416 e. The number of alkyl halides is 3. The molecule has 128 valence electrons. The number of hydrogen-bond donors (Lipinski definition) is 2. The molecular formula is C18H13F3N2O2. The molecule has 4 nitrogen and oxygen atoms in total. The van der Waals surface area contributed by atoms with E-state index in [9.17, 15) is 18.0 Å². The summed E-state index contributed by atoms with van der Waals surface area (Å²) < 4.78 is 38.5. The van der Waals surface area contributed by atoms with Crippen molar-refractivity contribution in [2.75, 3.05) is 5.32 Å². The van der Waals surface area contributed by atoms with Gasteiger partial charge in [0.15, 0.2) is 0 Å². The van der Waals surface area contributed by atoms with E-state index in [0.717, 1.165) is 12.1 Å². The number of aliphatic carboxylic acids is 1. The summed E-state index contributed by atoms with van der Waals surface area (Å²) in [5.41, 5.74) is 1.15. The zero-order valence-electron chi connectivity index (χ0n) is 12.8. The Kier molecular flexibility index (Phi) is 4.31. The summed E-state index contributed by atoms with van der Waals surface area (Å²) in [7, 11) is 0. The normalized spacial score (nSPS) is 11.5. The number of pyridine rings is 1. The van der Waals surface area contributed by atoms with E-state index in [1.165, 1.54) is 12.3 Å². The van der Waals surface area contributed by atoms with Gasteiger partial charge < -0.3 is 10.4 Å². The lowest BCUT2D eigenvalue weighted by molar-refractivity contribution is -0.138. The maximum absolute atomic E-state index is 12.8. The Morgan fingerprint density at radius 3 is 2.56 bits per heavy atom. The van der Waals surface area contributed by atoms with Crippen molar-refractivity contribution in [2.24, 2.45) is 0 Å². The van der Waals surface area contributed by atoms with Gasteiger partial charge in [-0.1, -0.05) is 24.3 Å². The molecule has 0 aliphatic rings. The van der Waals surface area contributed by atoms with Crippen molar-refractivity contribution in [2.45, 2.75) is 12.6 Å². The van der Waals surface area contributed by atoms with Crippen LogP contribution in [0.1, 0.15) is 11.1 Å². The molecule has 0 amide bonds. The highest BCUT2D eigenvalue weighted by atomic mass is 19.4. The Hall–Kier alpha value is -3.09. The van der Waals surface area contributed by atoms with Crippen LogP contribution in [0.2, 0.25) is 0 Å². The Balaban J connectivity index is 2.02. The van der Waals surface area contributed by atoms with Crippen molar-refractivity contribution in [3.63, 3.8) is 0 Å². The summed E-state index contributed by atoms with van der Waals surface area (Å²) in [6.07, 6.45) is -3.19. The molecule has 1 heterocycles. The second kappa shape index (κ2) is 6.43. The highest BCUT2D eigenvalue weighted by molar-refractivity contribution is 5.93. The van der Waals surface area contributed by atoms with Crippen molar-refractivity contribution >= 4 is 28.2 Å². The van der Waals surface area contributed by atoms with Gasteiger partial charge in [-0.25, -0.2) is 0 Å². The van der Waals surface area contributed by atoms with Gasteiger partial charge in [0.05, 0.1) is 17.5 Å². The fraction of sp³-hybridized carbons (Fsp3) is 0.111. The molecule has 0 saturated carbocycles. The number of rotatable bonds is 4. The van der Waals surface area contributed by atoms with Gasteiger partial charge in [-0.2, -0.15) is 13.2 Å². The molecule has 0 fully saturated rings. The molecule has 0 spiro atoms. The number of nitrogens with one attached hydrogen (secondary N) is 1. The van der Waals surface area contributed by atoms with Crippen molar-refractivity contribution < 1.29 is 23.1 Å². The van der Waals surface area contributed by atoms with Gasteiger partial charge in [0.25, 0.3) is 0 Å². The Labute approximate surface area is 140 Å². The summed E-state index contributed by atoms with van der Waals surface area (Å²) in [6, 6.07) is 11.8. The first-order valence-electron chi connectivity index (χ1n) is 7.37. The van der Waals surface area contributed by atoms with Crippen LogP contribution in [-0.2, 0) is 17.4 Å². The van der Waals surface area contributed by atoms with Gasteiger partial charge in [-0.05, 0) is 29.8 Å². The topological polar surface area (TPSA) is 62.2 Å². The molecule has 2 N–H and O–H groups in total. The summed E-state index contributed by atoms with van der Waals surface area (Å²) in [5.74, 6) is -0.969. The van der Waals surface area contributed by atoms with Crippen LogP contribution in [0.5, 0.6) is 0 Å². The number of fused-ring (bicyclic) bond motifs is 1. The quantitative estimate of drug-likeness (QED) is 0.723. The molecule has 0 bridgehead atoms. The number of carboxylic acid groups (broad SMARTS) is 1. The predicted octanol–water partition coefficient (Wildman–Crippen LogP) is 4.62. The predicted molar refractivity (Wildman–Crippen MR) is 87.8 cm³/mol. The smallest absolute Gasteiger partial charge is 0.416 e. The third kappa shape index (κ3) is 3.71. The third-order valence-electron chi connectivity index (χ3n) is 3.70. The minimum atomic E-state index is -4.44. The zero-order chi connectivity index (χ0) is 18.0. The van der Waals surface area contributed by atoms with E-state index in [4.69, 9.17) is 5.11 Å². The molecule has 0 aliphatic carbocycles. The highest BCUT2D eigenvalue weighted by Crippen LogP contribution is 2.33. The van der Waals surface area contributed by atoms with Gasteiger partial charge in [0.2, 0.25) is 0 Å². The number of carboxylic acids is 1. The minimum Gasteiger partial charge on any atom is -0.481 e. The molecule has 3 aromatic rings. The van der Waals surface area contributed by atoms with E-state index in [1.807, 2.05) is 0 Å². The van der Waals surface area contributed by atoms with Crippen LogP contribution >= 0.6 is 0 Å². The van der Waals surface area contributed by atoms with Crippen LogP contribution in [-0.4, -0.2) is 16.1 Å². The first kappa shape index (κ1) is 16.8. The number of benzene rings is 2. The number of aromatic nitrogens is 1. The van der Waals surface area contributed by atoms with Gasteiger partial charge in [-0.15, -0.1) is 0 Å². The molecule has 0 unspecified atom stereocenters. The zero-order valence-corrected chi connectivity index (χ0v) is 12.8. The van der Waals surface area contributed by atoms with E-state index in [-0.39, 0.29) is 11.9 Å². The summed E-state index contributed by atoms with van der Waals surface area (Å²) in [4.78, 5) is 15.0. The van der Waals surface area contributed by atoms with Gasteiger partial charge in [0.1, 0.15) is 0 Å². The van der Waals surface area contributed by atoms with Crippen LogP contribution in [0.25, 0.3) is 10.9 Å². The van der Waals surface area contributed by atoms with Crippen LogP contribution in [0.4, 0.5) is 24.5 Å². The number of para-hydroxylation sites is 1. The number of halogens is 3. The van der Waals surface area contributed by atoms with Crippen molar-refractivity contribution in [1.29, 1.82) is 0 Å². The lowest BCUT2D eigenvalue weighted by Gasteiger charge is -2.14. The van der Waals surface area contributed by atoms with Crippen molar-refractivity contribution in [3.8, 4) is 0 Å². The third-order valence-corrected chi connectivity index (χ3v) is 3.70. The second-order valence-corrected chi connectivity index (χ2v) is 5.44. The van der Waals surface area contributed by atoms with E-state index < -0.39 is 17.7 Å². The number of anilines is 2. The Bertz CT molecular complexity index is 939. The first-order chi connectivity index (χ1) is 11.8. The van der Waals surface area contributed by atoms with Crippen LogP contribution in [0.3, 0.4) is 0 Å². The van der Waals surface area contributed by atoms with E-state index >= 15 is 0 Å². The number of nitrogens with zero attached hydrogens (tertiary/aromatic N) is 1. The van der Waals surface area contributed by atoms with Crippen LogP contribution < -0.4 is 5.32 Å². The molecule has 0 saturated heterocycles. The molecule has 0 aliphatic heterocycles. The standard InChI is InChI=1S/C18H13F3N2O2/c19-18(20,21)12-5-6-13-15(7-8-22-16(13)10-12)23-14-4-2-1-3-11(14)9-17(24)25/h1-8,10H,9H2,(H,22,23)(H,24,25). The van der Waals surface area contributed by atoms with Crippen molar-refractivity contribution in [1.82, 2.24) is 4.98 Å². The highest BCUT2D eigenvalue weighted by Gasteiger charge is 2.30. The average molecular weight is 346 g/mol. The van der Waals surface area contributed by atoms with E-state index in [2.05, 4.69) is 10.3 Å². The molecule has 7 heteroatoms. The van der Waals surface area contributed by atoms with Gasteiger partial charge in [0, 0.05) is 23.0 Å². The lowest BCUT2D eigenvalue weighted by atomic mass is 10.1. The summed E-state index contributed by atoms with van der Waals surface area (Å²) in [5, 5.41) is 12.6. The van der Waals surface area contributed by atoms with Crippen molar-refractivity contribution in [3.05, 3.63) is 65.9 Å². The maximum atomic E-state index is 12.8. The number of hydrogen-bond acceptors (Lipinski definition) is 3.